The van der Waals surface area contributed by atoms with Crippen LogP contribution in [0.25, 0.3) is 10.6 Å². The Balaban J connectivity index is 1.39. The molecule has 1 fully saturated rings. The van der Waals surface area contributed by atoms with Gasteiger partial charge in [0.2, 0.25) is 11.8 Å². The Morgan fingerprint density at radius 3 is 2.51 bits per heavy atom. The molecule has 0 spiro atoms. The standard InChI is InChI=1S/C26H28N4O4S/c1-2-34-20-9-7-18(8-10-20)25-28-19(16-35-25)15-23(31)29-22-6-4-3-5-21(22)26(33)30-13-11-17(12-14-30)24(27)32/h3-10,16-17H,2,11-15H2,1H3,(H2,27,32)(H,29,31). The predicted molar refractivity (Wildman–Crippen MR) is 135 cm³/mol. The lowest BCUT2D eigenvalue weighted by atomic mass is 9.95. The number of thiazole rings is 1. The van der Waals surface area contributed by atoms with Crippen molar-refractivity contribution in [3.8, 4) is 16.3 Å². The summed E-state index contributed by atoms with van der Waals surface area (Å²) < 4.78 is 5.47. The third-order valence-corrected chi connectivity index (χ3v) is 6.86. The van der Waals surface area contributed by atoms with Crippen LogP contribution >= 0.6 is 11.3 Å². The van der Waals surface area contributed by atoms with Crippen molar-refractivity contribution in [2.24, 2.45) is 11.7 Å². The van der Waals surface area contributed by atoms with Gasteiger partial charge in [-0.15, -0.1) is 11.3 Å². The number of nitrogens with two attached hydrogens (primary N) is 1. The molecule has 1 saturated heterocycles. The number of benzene rings is 2. The van der Waals surface area contributed by atoms with Crippen molar-refractivity contribution in [3.63, 3.8) is 0 Å². The van der Waals surface area contributed by atoms with E-state index in [-0.39, 0.29) is 30.1 Å². The number of piperidine rings is 1. The van der Waals surface area contributed by atoms with E-state index in [0.29, 0.717) is 49.5 Å². The summed E-state index contributed by atoms with van der Waals surface area (Å²) in [6, 6.07) is 14.7. The molecule has 0 bridgehead atoms. The lowest BCUT2D eigenvalue weighted by molar-refractivity contribution is -0.123. The van der Waals surface area contributed by atoms with Gasteiger partial charge in [-0.1, -0.05) is 12.1 Å². The lowest BCUT2D eigenvalue weighted by Crippen LogP contribution is -2.42. The highest BCUT2D eigenvalue weighted by molar-refractivity contribution is 7.13. The number of hydrogen-bond acceptors (Lipinski definition) is 6. The van der Waals surface area contributed by atoms with Crippen LogP contribution in [0.15, 0.2) is 53.9 Å². The Bertz CT molecular complexity index is 1200. The Labute approximate surface area is 208 Å². The summed E-state index contributed by atoms with van der Waals surface area (Å²) in [4.78, 5) is 43.6. The normalized spacial score (nSPS) is 13.9. The van der Waals surface area contributed by atoms with Gasteiger partial charge in [0.05, 0.1) is 30.0 Å². The molecule has 182 valence electrons. The molecule has 2 heterocycles. The summed E-state index contributed by atoms with van der Waals surface area (Å²) in [6.07, 6.45) is 1.20. The molecule has 35 heavy (non-hydrogen) atoms. The average molecular weight is 493 g/mol. The minimum atomic E-state index is -0.322. The fourth-order valence-electron chi connectivity index (χ4n) is 4.06. The Hall–Kier alpha value is -3.72. The van der Waals surface area contributed by atoms with Crippen molar-refractivity contribution >= 4 is 34.7 Å². The molecular weight excluding hydrogens is 464 g/mol. The summed E-state index contributed by atoms with van der Waals surface area (Å²) in [7, 11) is 0. The van der Waals surface area contributed by atoms with Gasteiger partial charge in [0.25, 0.3) is 5.91 Å². The molecule has 0 atom stereocenters. The highest BCUT2D eigenvalue weighted by atomic mass is 32.1. The predicted octanol–water partition coefficient (Wildman–Crippen LogP) is 3.73. The molecule has 0 aliphatic carbocycles. The van der Waals surface area contributed by atoms with Crippen LogP contribution in [0.3, 0.4) is 0 Å². The van der Waals surface area contributed by atoms with Gasteiger partial charge in [-0.25, -0.2) is 4.98 Å². The van der Waals surface area contributed by atoms with Crippen molar-refractivity contribution in [1.29, 1.82) is 0 Å². The van der Waals surface area contributed by atoms with E-state index in [9.17, 15) is 14.4 Å². The molecule has 1 aliphatic heterocycles. The Morgan fingerprint density at radius 1 is 1.11 bits per heavy atom. The number of nitrogens with zero attached hydrogens (tertiary/aromatic N) is 2. The van der Waals surface area contributed by atoms with Crippen LogP contribution in [-0.2, 0) is 16.0 Å². The van der Waals surface area contributed by atoms with Gasteiger partial charge in [0.15, 0.2) is 0 Å². The SMILES string of the molecule is CCOc1ccc(-c2nc(CC(=O)Nc3ccccc3C(=O)N3CCC(C(N)=O)CC3)cs2)cc1. The minimum absolute atomic E-state index is 0.0973. The zero-order valence-corrected chi connectivity index (χ0v) is 20.3. The minimum Gasteiger partial charge on any atom is -0.494 e. The second kappa shape index (κ2) is 11.1. The molecule has 1 aromatic heterocycles. The number of primary amides is 1. The van der Waals surface area contributed by atoms with E-state index >= 15 is 0 Å². The van der Waals surface area contributed by atoms with Gasteiger partial charge < -0.3 is 20.7 Å². The molecule has 2 aromatic carbocycles. The number of hydrogen-bond donors (Lipinski definition) is 2. The first-order valence-corrected chi connectivity index (χ1v) is 12.5. The van der Waals surface area contributed by atoms with Crippen molar-refractivity contribution in [2.75, 3.05) is 25.0 Å². The summed E-state index contributed by atoms with van der Waals surface area (Å²) in [5.74, 6) is -0.133. The number of rotatable bonds is 8. The van der Waals surface area contributed by atoms with Gasteiger partial charge in [-0.3, -0.25) is 14.4 Å². The van der Waals surface area contributed by atoms with Gasteiger partial charge in [0.1, 0.15) is 10.8 Å². The van der Waals surface area contributed by atoms with E-state index in [1.54, 1.807) is 29.2 Å². The van der Waals surface area contributed by atoms with E-state index < -0.39 is 0 Å². The maximum atomic E-state index is 13.1. The van der Waals surface area contributed by atoms with E-state index in [4.69, 9.17) is 10.5 Å². The van der Waals surface area contributed by atoms with Crippen LogP contribution in [0.5, 0.6) is 5.75 Å². The van der Waals surface area contributed by atoms with Crippen LogP contribution in [0, 0.1) is 5.92 Å². The highest BCUT2D eigenvalue weighted by Crippen LogP contribution is 2.27. The first-order valence-electron chi connectivity index (χ1n) is 11.6. The Morgan fingerprint density at radius 2 is 1.83 bits per heavy atom. The van der Waals surface area contributed by atoms with Gasteiger partial charge in [0, 0.05) is 30.0 Å². The fraction of sp³-hybridized carbons (Fsp3) is 0.308. The third kappa shape index (κ3) is 6.05. The zero-order chi connectivity index (χ0) is 24.8. The number of anilines is 1. The monoisotopic (exact) mass is 492 g/mol. The largest absolute Gasteiger partial charge is 0.494 e. The number of nitrogens with one attached hydrogen (secondary N) is 1. The summed E-state index contributed by atoms with van der Waals surface area (Å²) in [5, 5.41) is 5.56. The number of ether oxygens (including phenoxy) is 1. The quantitative estimate of drug-likeness (QED) is 0.497. The van der Waals surface area contributed by atoms with Crippen LogP contribution in [0.2, 0.25) is 0 Å². The number of likely N-dealkylation sites (tertiary alicyclic amines) is 1. The molecular formula is C26H28N4O4S. The number of carbonyl (C=O) groups excluding carboxylic acids is 3. The maximum Gasteiger partial charge on any atom is 0.255 e. The number of para-hydroxylation sites is 1. The third-order valence-electron chi connectivity index (χ3n) is 5.92. The molecule has 0 saturated carbocycles. The van der Waals surface area contributed by atoms with Crippen molar-refractivity contribution in [3.05, 3.63) is 65.2 Å². The van der Waals surface area contributed by atoms with Gasteiger partial charge >= 0.3 is 0 Å². The number of aromatic nitrogens is 1. The molecule has 9 heteroatoms. The van der Waals surface area contributed by atoms with Crippen molar-refractivity contribution in [1.82, 2.24) is 9.88 Å². The molecule has 4 rings (SSSR count). The van der Waals surface area contributed by atoms with Crippen molar-refractivity contribution in [2.45, 2.75) is 26.2 Å². The fourth-order valence-corrected chi connectivity index (χ4v) is 4.88. The summed E-state index contributed by atoms with van der Waals surface area (Å²) in [5.41, 5.74) is 7.90. The average Bonchev–Trinajstić information content (AvgIpc) is 3.33. The summed E-state index contributed by atoms with van der Waals surface area (Å²) >= 11 is 1.47. The smallest absolute Gasteiger partial charge is 0.255 e. The first-order chi connectivity index (χ1) is 16.9. The molecule has 3 aromatic rings. The maximum absolute atomic E-state index is 13.1. The molecule has 0 unspecified atom stereocenters. The van der Waals surface area contributed by atoms with Gasteiger partial charge in [-0.2, -0.15) is 0 Å². The second-order valence-corrected chi connectivity index (χ2v) is 9.20. The van der Waals surface area contributed by atoms with Crippen LogP contribution in [0.1, 0.15) is 35.8 Å². The highest BCUT2D eigenvalue weighted by Gasteiger charge is 2.27. The van der Waals surface area contributed by atoms with Crippen LogP contribution in [-0.4, -0.2) is 47.3 Å². The first kappa shape index (κ1) is 24.4. The second-order valence-electron chi connectivity index (χ2n) is 8.34. The van der Waals surface area contributed by atoms with E-state index in [1.165, 1.54) is 11.3 Å². The zero-order valence-electron chi connectivity index (χ0n) is 19.5. The van der Waals surface area contributed by atoms with Crippen molar-refractivity contribution < 1.29 is 19.1 Å². The Kier molecular flexibility index (Phi) is 7.77. The van der Waals surface area contributed by atoms with Crippen LogP contribution < -0.4 is 15.8 Å². The van der Waals surface area contributed by atoms with E-state index in [2.05, 4.69) is 10.3 Å². The topological polar surface area (TPSA) is 115 Å². The molecule has 0 radical (unpaired) electrons. The number of carbonyl (C=O) groups is 3. The lowest BCUT2D eigenvalue weighted by Gasteiger charge is -2.31. The van der Waals surface area contributed by atoms with E-state index in [0.717, 1.165) is 16.3 Å². The summed E-state index contributed by atoms with van der Waals surface area (Å²) in [6.45, 7) is 3.47. The number of amides is 3. The van der Waals surface area contributed by atoms with Gasteiger partial charge in [-0.05, 0) is 56.2 Å². The molecule has 3 N–H and O–H groups in total. The molecule has 3 amide bonds. The van der Waals surface area contributed by atoms with Crippen LogP contribution in [0.4, 0.5) is 5.69 Å². The molecule has 1 aliphatic rings. The molecule has 8 nitrogen and oxygen atoms in total. The van der Waals surface area contributed by atoms with E-state index in [1.807, 2.05) is 36.6 Å².